The number of nitrogens with one attached hydrogen (secondary N) is 1. The van der Waals surface area contributed by atoms with E-state index in [2.05, 4.69) is 5.32 Å². The summed E-state index contributed by atoms with van der Waals surface area (Å²) in [7, 11) is 0. The van der Waals surface area contributed by atoms with Crippen LogP contribution in [-0.4, -0.2) is 6.61 Å². The minimum absolute atomic E-state index is 0.662. The zero-order valence-electron chi connectivity index (χ0n) is 10.6. The molecule has 0 unspecified atom stereocenters. The van der Waals surface area contributed by atoms with E-state index in [4.69, 9.17) is 27.9 Å². The summed E-state index contributed by atoms with van der Waals surface area (Å²) in [4.78, 5) is 0. The summed E-state index contributed by atoms with van der Waals surface area (Å²) in [5.74, 6) is 0.882. The molecule has 0 aliphatic carbocycles. The SMILES string of the molecule is CCOc1ccc(CNc2cc(Cl)ccc2Cl)cc1. The fourth-order valence-corrected chi connectivity index (χ4v) is 2.06. The standard InChI is InChI=1S/C15H15Cl2NO/c1-2-19-13-6-3-11(4-7-13)10-18-15-9-12(16)5-8-14(15)17/h3-9,18H,2,10H2,1H3. The van der Waals surface area contributed by atoms with Gasteiger partial charge in [0.05, 0.1) is 17.3 Å². The average molecular weight is 296 g/mol. The van der Waals surface area contributed by atoms with E-state index in [0.29, 0.717) is 23.2 Å². The Bertz CT molecular complexity index is 540. The Morgan fingerprint density at radius 2 is 1.79 bits per heavy atom. The lowest BCUT2D eigenvalue weighted by Crippen LogP contribution is -2.00. The highest BCUT2D eigenvalue weighted by molar-refractivity contribution is 6.35. The number of ether oxygens (including phenoxy) is 1. The first-order valence-electron chi connectivity index (χ1n) is 6.09. The monoisotopic (exact) mass is 295 g/mol. The van der Waals surface area contributed by atoms with Crippen LogP contribution in [0.3, 0.4) is 0 Å². The van der Waals surface area contributed by atoms with Gasteiger partial charge in [-0.25, -0.2) is 0 Å². The van der Waals surface area contributed by atoms with Crippen LogP contribution in [0.25, 0.3) is 0 Å². The molecule has 0 aromatic heterocycles. The van der Waals surface area contributed by atoms with Crippen molar-refractivity contribution < 1.29 is 4.74 Å². The van der Waals surface area contributed by atoms with Gasteiger partial charge in [-0.05, 0) is 42.8 Å². The van der Waals surface area contributed by atoms with Crippen molar-refractivity contribution in [3.8, 4) is 5.75 Å². The van der Waals surface area contributed by atoms with Crippen molar-refractivity contribution in [1.29, 1.82) is 0 Å². The van der Waals surface area contributed by atoms with Gasteiger partial charge in [0.1, 0.15) is 5.75 Å². The first-order valence-corrected chi connectivity index (χ1v) is 6.85. The van der Waals surface area contributed by atoms with Gasteiger partial charge in [0.2, 0.25) is 0 Å². The molecule has 0 heterocycles. The second kappa shape index (κ2) is 6.69. The number of rotatable bonds is 5. The molecule has 0 aliphatic heterocycles. The zero-order valence-corrected chi connectivity index (χ0v) is 12.1. The molecule has 0 radical (unpaired) electrons. The van der Waals surface area contributed by atoms with Gasteiger partial charge in [-0.15, -0.1) is 0 Å². The lowest BCUT2D eigenvalue weighted by molar-refractivity contribution is 0.340. The molecule has 2 nitrogen and oxygen atoms in total. The summed E-state index contributed by atoms with van der Waals surface area (Å²) in [6.07, 6.45) is 0. The van der Waals surface area contributed by atoms with Crippen molar-refractivity contribution in [2.75, 3.05) is 11.9 Å². The normalized spacial score (nSPS) is 10.3. The largest absolute Gasteiger partial charge is 0.494 e. The quantitative estimate of drug-likeness (QED) is 0.838. The Labute approximate surface area is 123 Å². The third kappa shape index (κ3) is 4.05. The van der Waals surface area contributed by atoms with E-state index in [1.807, 2.05) is 37.3 Å². The molecular weight excluding hydrogens is 281 g/mol. The van der Waals surface area contributed by atoms with Crippen LogP contribution in [0.1, 0.15) is 12.5 Å². The second-order valence-corrected chi connectivity index (χ2v) is 4.90. The molecule has 2 aromatic rings. The minimum Gasteiger partial charge on any atom is -0.494 e. The number of hydrogen-bond donors (Lipinski definition) is 1. The average Bonchev–Trinajstić information content (AvgIpc) is 2.42. The molecule has 19 heavy (non-hydrogen) atoms. The molecule has 0 aliphatic rings. The fraction of sp³-hybridized carbons (Fsp3) is 0.200. The van der Waals surface area contributed by atoms with Gasteiger partial charge in [0.25, 0.3) is 0 Å². The van der Waals surface area contributed by atoms with Crippen LogP contribution < -0.4 is 10.1 Å². The zero-order chi connectivity index (χ0) is 13.7. The maximum atomic E-state index is 6.09. The first-order chi connectivity index (χ1) is 9.19. The van der Waals surface area contributed by atoms with Crippen molar-refractivity contribution in [3.63, 3.8) is 0 Å². The van der Waals surface area contributed by atoms with Crippen LogP contribution in [-0.2, 0) is 6.54 Å². The molecule has 100 valence electrons. The van der Waals surface area contributed by atoms with Crippen LogP contribution >= 0.6 is 23.2 Å². The minimum atomic E-state index is 0.662. The van der Waals surface area contributed by atoms with Crippen LogP contribution in [0.2, 0.25) is 10.0 Å². The first kappa shape index (κ1) is 14.0. The van der Waals surface area contributed by atoms with Gasteiger partial charge in [-0.2, -0.15) is 0 Å². The van der Waals surface area contributed by atoms with Gasteiger partial charge >= 0.3 is 0 Å². The van der Waals surface area contributed by atoms with E-state index in [1.54, 1.807) is 12.1 Å². The Hall–Kier alpha value is -1.38. The van der Waals surface area contributed by atoms with Crippen molar-refractivity contribution in [1.82, 2.24) is 0 Å². The molecule has 4 heteroatoms. The van der Waals surface area contributed by atoms with Crippen LogP contribution in [0, 0.1) is 0 Å². The van der Waals surface area contributed by atoms with Crippen LogP contribution in [0.15, 0.2) is 42.5 Å². The molecule has 2 rings (SSSR count). The molecule has 0 amide bonds. The van der Waals surface area contributed by atoms with E-state index in [1.165, 1.54) is 0 Å². The van der Waals surface area contributed by atoms with Gasteiger partial charge in [-0.3, -0.25) is 0 Å². The van der Waals surface area contributed by atoms with Gasteiger partial charge < -0.3 is 10.1 Å². The third-order valence-corrected chi connectivity index (χ3v) is 3.21. The Morgan fingerprint density at radius 3 is 2.47 bits per heavy atom. The summed E-state index contributed by atoms with van der Waals surface area (Å²) in [5, 5.41) is 4.59. The van der Waals surface area contributed by atoms with Crippen LogP contribution in [0.5, 0.6) is 5.75 Å². The molecule has 0 fully saturated rings. The Kier molecular flexibility index (Phi) is 4.94. The van der Waals surface area contributed by atoms with Gasteiger partial charge in [0.15, 0.2) is 0 Å². The highest BCUT2D eigenvalue weighted by atomic mass is 35.5. The number of anilines is 1. The van der Waals surface area contributed by atoms with E-state index in [-0.39, 0.29) is 0 Å². The molecule has 0 atom stereocenters. The molecule has 0 bridgehead atoms. The van der Waals surface area contributed by atoms with E-state index >= 15 is 0 Å². The van der Waals surface area contributed by atoms with Crippen molar-refractivity contribution >= 4 is 28.9 Å². The van der Waals surface area contributed by atoms with Crippen molar-refractivity contribution in [3.05, 3.63) is 58.1 Å². The highest BCUT2D eigenvalue weighted by Crippen LogP contribution is 2.26. The van der Waals surface area contributed by atoms with Gasteiger partial charge in [0, 0.05) is 11.6 Å². The van der Waals surface area contributed by atoms with E-state index in [0.717, 1.165) is 17.0 Å². The van der Waals surface area contributed by atoms with E-state index in [9.17, 15) is 0 Å². The molecule has 0 saturated heterocycles. The summed E-state index contributed by atoms with van der Waals surface area (Å²) in [6.45, 7) is 3.33. The predicted molar refractivity (Wildman–Crippen MR) is 81.4 cm³/mol. The molecular formula is C15H15Cl2NO. The predicted octanol–water partition coefficient (Wildman–Crippen LogP) is 5.00. The van der Waals surface area contributed by atoms with Crippen molar-refractivity contribution in [2.24, 2.45) is 0 Å². The number of benzene rings is 2. The molecule has 2 aromatic carbocycles. The third-order valence-electron chi connectivity index (χ3n) is 2.65. The smallest absolute Gasteiger partial charge is 0.119 e. The lowest BCUT2D eigenvalue weighted by atomic mass is 10.2. The maximum absolute atomic E-state index is 6.09. The lowest BCUT2D eigenvalue weighted by Gasteiger charge is -2.09. The highest BCUT2D eigenvalue weighted by Gasteiger charge is 2.01. The number of halogens is 2. The topological polar surface area (TPSA) is 21.3 Å². The maximum Gasteiger partial charge on any atom is 0.119 e. The van der Waals surface area contributed by atoms with Crippen molar-refractivity contribution in [2.45, 2.75) is 13.5 Å². The van der Waals surface area contributed by atoms with Gasteiger partial charge in [-0.1, -0.05) is 35.3 Å². The summed E-state index contributed by atoms with van der Waals surface area (Å²) < 4.78 is 5.40. The summed E-state index contributed by atoms with van der Waals surface area (Å²) >= 11 is 12.0. The Morgan fingerprint density at radius 1 is 1.05 bits per heavy atom. The second-order valence-electron chi connectivity index (χ2n) is 4.05. The fourth-order valence-electron chi connectivity index (χ4n) is 1.70. The summed E-state index contributed by atoms with van der Waals surface area (Å²) in [6, 6.07) is 13.3. The van der Waals surface area contributed by atoms with Crippen LogP contribution in [0.4, 0.5) is 5.69 Å². The van der Waals surface area contributed by atoms with E-state index < -0.39 is 0 Å². The Balaban J connectivity index is 2.00. The molecule has 0 spiro atoms. The number of hydrogen-bond acceptors (Lipinski definition) is 2. The summed E-state index contributed by atoms with van der Waals surface area (Å²) in [5.41, 5.74) is 1.99. The molecule has 1 N–H and O–H groups in total. The molecule has 0 saturated carbocycles.